The van der Waals surface area contributed by atoms with Gasteiger partial charge in [-0.15, -0.1) is 0 Å². The van der Waals surface area contributed by atoms with Crippen molar-refractivity contribution in [3.05, 3.63) is 29.8 Å². The van der Waals surface area contributed by atoms with Gasteiger partial charge in [-0.1, -0.05) is 0 Å². The summed E-state index contributed by atoms with van der Waals surface area (Å²) in [6.45, 7) is 2.82. The third-order valence-electron chi connectivity index (χ3n) is 3.12. The number of hydrogen-bond donors (Lipinski definition) is 2. The molecule has 1 amide bonds. The number of hydrogen-bond acceptors (Lipinski definition) is 3. The third-order valence-corrected chi connectivity index (χ3v) is 3.12. The standard InChI is InChI=1S/C12H13FN4O/c13-8-5-9(11-10(6-8)15-7-16-11)12(18)17-3-1-14-2-4-17/h5-7,14H,1-4H2,(H,15,16). The smallest absolute Gasteiger partial charge is 0.256 e. The van der Waals surface area contributed by atoms with Crippen molar-refractivity contribution >= 4 is 16.9 Å². The summed E-state index contributed by atoms with van der Waals surface area (Å²) < 4.78 is 13.5. The molecule has 0 unspecified atom stereocenters. The van der Waals surface area contributed by atoms with Gasteiger partial charge in [-0.3, -0.25) is 4.79 Å². The van der Waals surface area contributed by atoms with E-state index in [-0.39, 0.29) is 5.91 Å². The van der Waals surface area contributed by atoms with Gasteiger partial charge in [0.2, 0.25) is 0 Å². The van der Waals surface area contributed by atoms with Gasteiger partial charge in [0.05, 0.1) is 17.4 Å². The Morgan fingerprint density at radius 3 is 2.89 bits per heavy atom. The molecule has 0 saturated carbocycles. The first-order chi connectivity index (χ1) is 8.75. The molecule has 1 aromatic heterocycles. The van der Waals surface area contributed by atoms with Crippen LogP contribution in [0, 0.1) is 5.82 Å². The topological polar surface area (TPSA) is 61.0 Å². The molecule has 0 spiro atoms. The van der Waals surface area contributed by atoms with Crippen LogP contribution in [0.5, 0.6) is 0 Å². The first kappa shape index (κ1) is 11.2. The molecular formula is C12H13FN4O. The summed E-state index contributed by atoms with van der Waals surface area (Å²) in [5, 5.41) is 3.17. The van der Waals surface area contributed by atoms with E-state index in [1.54, 1.807) is 4.90 Å². The number of carbonyl (C=O) groups is 1. The fraction of sp³-hybridized carbons (Fsp3) is 0.333. The predicted octanol–water partition coefficient (Wildman–Crippen LogP) is 0.747. The van der Waals surface area contributed by atoms with Crippen LogP contribution in [0.1, 0.15) is 10.4 Å². The minimum Gasteiger partial charge on any atom is -0.344 e. The van der Waals surface area contributed by atoms with Crippen molar-refractivity contribution in [1.82, 2.24) is 20.2 Å². The number of aromatic nitrogens is 2. The first-order valence-electron chi connectivity index (χ1n) is 5.88. The van der Waals surface area contributed by atoms with Crippen molar-refractivity contribution in [2.75, 3.05) is 26.2 Å². The first-order valence-corrected chi connectivity index (χ1v) is 5.88. The maximum absolute atomic E-state index is 13.5. The summed E-state index contributed by atoms with van der Waals surface area (Å²) in [6.07, 6.45) is 1.47. The number of benzene rings is 1. The lowest BCUT2D eigenvalue weighted by Crippen LogP contribution is -2.46. The van der Waals surface area contributed by atoms with Crippen LogP contribution in [0.4, 0.5) is 4.39 Å². The number of H-pyrrole nitrogens is 1. The maximum Gasteiger partial charge on any atom is 0.256 e. The summed E-state index contributed by atoms with van der Waals surface area (Å²) in [5.41, 5.74) is 1.40. The maximum atomic E-state index is 13.5. The lowest BCUT2D eigenvalue weighted by molar-refractivity contribution is 0.0737. The van der Waals surface area contributed by atoms with E-state index in [0.29, 0.717) is 29.7 Å². The minimum atomic E-state index is -0.426. The lowest BCUT2D eigenvalue weighted by atomic mass is 10.1. The second-order valence-corrected chi connectivity index (χ2v) is 4.29. The van der Waals surface area contributed by atoms with E-state index in [9.17, 15) is 9.18 Å². The molecule has 0 radical (unpaired) electrons. The molecule has 2 heterocycles. The molecule has 94 valence electrons. The Bertz CT molecular complexity index is 589. The van der Waals surface area contributed by atoms with E-state index in [1.807, 2.05) is 0 Å². The minimum absolute atomic E-state index is 0.159. The molecule has 1 aromatic carbocycles. The van der Waals surface area contributed by atoms with Gasteiger partial charge in [0.15, 0.2) is 0 Å². The molecule has 0 aliphatic carbocycles. The van der Waals surface area contributed by atoms with Gasteiger partial charge in [0.25, 0.3) is 5.91 Å². The van der Waals surface area contributed by atoms with E-state index in [4.69, 9.17) is 0 Å². The van der Waals surface area contributed by atoms with Crippen molar-refractivity contribution < 1.29 is 9.18 Å². The lowest BCUT2D eigenvalue weighted by Gasteiger charge is -2.27. The molecule has 0 bridgehead atoms. The monoisotopic (exact) mass is 248 g/mol. The zero-order chi connectivity index (χ0) is 12.5. The molecule has 18 heavy (non-hydrogen) atoms. The van der Waals surface area contributed by atoms with E-state index in [0.717, 1.165) is 13.1 Å². The van der Waals surface area contributed by atoms with Crippen LogP contribution in [0.25, 0.3) is 11.0 Å². The molecule has 2 N–H and O–H groups in total. The molecule has 1 aliphatic heterocycles. The van der Waals surface area contributed by atoms with Crippen LogP contribution in [-0.2, 0) is 0 Å². The average molecular weight is 248 g/mol. The van der Waals surface area contributed by atoms with Gasteiger partial charge in [0.1, 0.15) is 11.3 Å². The van der Waals surface area contributed by atoms with E-state index >= 15 is 0 Å². The highest BCUT2D eigenvalue weighted by Gasteiger charge is 2.21. The molecular weight excluding hydrogens is 235 g/mol. The Morgan fingerprint density at radius 1 is 1.33 bits per heavy atom. The SMILES string of the molecule is O=C(c1cc(F)cc2[nH]cnc12)N1CCNCC1. The van der Waals surface area contributed by atoms with Gasteiger partial charge in [-0.2, -0.15) is 0 Å². The predicted molar refractivity (Wildman–Crippen MR) is 64.8 cm³/mol. The molecule has 0 atom stereocenters. The van der Waals surface area contributed by atoms with E-state index in [1.165, 1.54) is 18.5 Å². The van der Waals surface area contributed by atoms with Gasteiger partial charge < -0.3 is 15.2 Å². The third kappa shape index (κ3) is 1.84. The van der Waals surface area contributed by atoms with Crippen molar-refractivity contribution in [3.8, 4) is 0 Å². The van der Waals surface area contributed by atoms with Gasteiger partial charge >= 0.3 is 0 Å². The number of imidazole rings is 1. The Hall–Kier alpha value is -1.95. The summed E-state index contributed by atoms with van der Waals surface area (Å²) in [7, 11) is 0. The quantitative estimate of drug-likeness (QED) is 0.782. The number of piperazine rings is 1. The van der Waals surface area contributed by atoms with Gasteiger partial charge in [-0.25, -0.2) is 9.37 Å². The average Bonchev–Trinajstić information content (AvgIpc) is 2.86. The Morgan fingerprint density at radius 2 is 2.11 bits per heavy atom. The van der Waals surface area contributed by atoms with Gasteiger partial charge in [0, 0.05) is 26.2 Å². The number of carbonyl (C=O) groups excluding carboxylic acids is 1. The highest BCUT2D eigenvalue weighted by atomic mass is 19.1. The number of fused-ring (bicyclic) bond motifs is 1. The second kappa shape index (κ2) is 4.38. The summed E-state index contributed by atoms with van der Waals surface area (Å²) in [4.78, 5) is 21.0. The molecule has 1 saturated heterocycles. The van der Waals surface area contributed by atoms with E-state index in [2.05, 4.69) is 15.3 Å². The largest absolute Gasteiger partial charge is 0.344 e. The van der Waals surface area contributed by atoms with E-state index < -0.39 is 5.82 Å². The zero-order valence-corrected chi connectivity index (χ0v) is 9.74. The van der Waals surface area contributed by atoms with Crippen molar-refractivity contribution in [2.24, 2.45) is 0 Å². The number of amides is 1. The Kier molecular flexibility index (Phi) is 2.71. The zero-order valence-electron chi connectivity index (χ0n) is 9.74. The van der Waals surface area contributed by atoms with Crippen LogP contribution >= 0.6 is 0 Å². The van der Waals surface area contributed by atoms with Crippen molar-refractivity contribution in [3.63, 3.8) is 0 Å². The van der Waals surface area contributed by atoms with Crippen molar-refractivity contribution in [1.29, 1.82) is 0 Å². The van der Waals surface area contributed by atoms with Crippen LogP contribution in [-0.4, -0.2) is 47.0 Å². The normalized spacial score (nSPS) is 16.2. The number of halogens is 1. The second-order valence-electron chi connectivity index (χ2n) is 4.29. The molecule has 1 aliphatic rings. The number of nitrogens with zero attached hydrogens (tertiary/aromatic N) is 2. The number of rotatable bonds is 1. The van der Waals surface area contributed by atoms with Crippen LogP contribution in [0.2, 0.25) is 0 Å². The number of nitrogens with one attached hydrogen (secondary N) is 2. The molecule has 5 nitrogen and oxygen atoms in total. The summed E-state index contributed by atoms with van der Waals surface area (Å²) in [5.74, 6) is -0.585. The fourth-order valence-electron chi connectivity index (χ4n) is 2.22. The molecule has 1 fully saturated rings. The number of aromatic amines is 1. The Labute approximate surface area is 103 Å². The summed E-state index contributed by atoms with van der Waals surface area (Å²) >= 11 is 0. The summed E-state index contributed by atoms with van der Waals surface area (Å²) in [6, 6.07) is 2.60. The fourth-order valence-corrected chi connectivity index (χ4v) is 2.22. The molecule has 6 heteroatoms. The van der Waals surface area contributed by atoms with Crippen molar-refractivity contribution in [2.45, 2.75) is 0 Å². The van der Waals surface area contributed by atoms with Crippen LogP contribution in [0.15, 0.2) is 18.5 Å². The van der Waals surface area contributed by atoms with Crippen LogP contribution in [0.3, 0.4) is 0 Å². The highest BCUT2D eigenvalue weighted by molar-refractivity contribution is 6.04. The molecule has 3 rings (SSSR count). The van der Waals surface area contributed by atoms with Crippen LogP contribution < -0.4 is 5.32 Å². The van der Waals surface area contributed by atoms with Gasteiger partial charge in [-0.05, 0) is 12.1 Å². The Balaban J connectivity index is 2.02. The molecule has 2 aromatic rings. The highest BCUT2D eigenvalue weighted by Crippen LogP contribution is 2.19.